The molecule has 0 bridgehead atoms. The first-order chi connectivity index (χ1) is 12.9. The number of carbonyl (C=O) groups excluding carboxylic acids is 2. The number of hydrogen-bond acceptors (Lipinski definition) is 3. The van der Waals surface area contributed by atoms with E-state index in [1.807, 2.05) is 29.7 Å². The van der Waals surface area contributed by atoms with Crippen LogP contribution in [0.2, 0.25) is 0 Å². The molecule has 1 aromatic heterocycles. The van der Waals surface area contributed by atoms with Crippen LogP contribution in [0.15, 0.2) is 24.3 Å². The number of aromatic amines is 1. The van der Waals surface area contributed by atoms with Crippen LogP contribution in [0.4, 0.5) is 4.39 Å². The molecule has 0 radical (unpaired) electrons. The van der Waals surface area contributed by atoms with Crippen LogP contribution in [0.25, 0.3) is 0 Å². The van der Waals surface area contributed by atoms with Crippen molar-refractivity contribution in [2.45, 2.75) is 26.8 Å². The van der Waals surface area contributed by atoms with E-state index in [4.69, 9.17) is 0 Å². The molecule has 2 aliphatic heterocycles. The zero-order valence-electron chi connectivity index (χ0n) is 15.7. The Bertz CT molecular complexity index is 890. The molecular weight excluding hydrogens is 347 g/mol. The Labute approximate surface area is 157 Å². The zero-order valence-corrected chi connectivity index (χ0v) is 15.7. The lowest BCUT2D eigenvalue weighted by Crippen LogP contribution is -2.36. The molecule has 0 aliphatic carbocycles. The summed E-state index contributed by atoms with van der Waals surface area (Å²) in [6.45, 7) is 6.96. The van der Waals surface area contributed by atoms with Crippen molar-refractivity contribution < 1.29 is 14.0 Å². The maximum atomic E-state index is 13.8. The van der Waals surface area contributed by atoms with Gasteiger partial charge in [-0.1, -0.05) is 12.1 Å². The maximum Gasteiger partial charge on any atom is 0.257 e. The minimum Gasteiger partial charge on any atom is -0.338 e. The molecule has 2 fully saturated rings. The van der Waals surface area contributed by atoms with E-state index in [-0.39, 0.29) is 35.5 Å². The van der Waals surface area contributed by atoms with Gasteiger partial charge >= 0.3 is 0 Å². The van der Waals surface area contributed by atoms with Crippen molar-refractivity contribution in [1.29, 1.82) is 0 Å². The molecule has 3 atom stereocenters. The highest BCUT2D eigenvalue weighted by molar-refractivity contribution is 5.96. The number of nitrogens with one attached hydrogen (secondary N) is 1. The van der Waals surface area contributed by atoms with Gasteiger partial charge in [0.25, 0.3) is 5.91 Å². The highest BCUT2D eigenvalue weighted by atomic mass is 19.1. The SMILES string of the molecule is CC(=O)N1C[C@H]2CN(C(=O)c3c(C)n[nH]c3C)C[C@H]2[C@@H]1c1cccc(F)c1. The quantitative estimate of drug-likeness (QED) is 0.883. The van der Waals surface area contributed by atoms with E-state index < -0.39 is 0 Å². The van der Waals surface area contributed by atoms with Crippen LogP contribution in [-0.4, -0.2) is 51.4 Å². The number of amides is 2. The molecule has 27 heavy (non-hydrogen) atoms. The summed E-state index contributed by atoms with van der Waals surface area (Å²) in [5.41, 5.74) is 2.88. The number of hydrogen-bond donors (Lipinski definition) is 1. The Morgan fingerprint density at radius 2 is 2.00 bits per heavy atom. The molecule has 2 aliphatic rings. The van der Waals surface area contributed by atoms with Crippen LogP contribution in [0.3, 0.4) is 0 Å². The molecule has 1 aromatic carbocycles. The standard InChI is InChI=1S/C20H23FN4O2/c1-11-18(12(2)23-22-11)20(27)24-8-15-9-25(13(3)26)19(17(15)10-24)14-5-4-6-16(21)7-14/h4-7,15,17,19H,8-10H2,1-3H3,(H,22,23)/t15-,17-,19+/m1/s1. The Kier molecular flexibility index (Phi) is 4.25. The third kappa shape index (κ3) is 2.91. The largest absolute Gasteiger partial charge is 0.338 e. The summed E-state index contributed by atoms with van der Waals surface area (Å²) < 4.78 is 13.8. The van der Waals surface area contributed by atoms with Crippen LogP contribution in [0, 0.1) is 31.5 Å². The topological polar surface area (TPSA) is 69.3 Å². The van der Waals surface area contributed by atoms with Gasteiger partial charge in [-0.05, 0) is 31.5 Å². The number of fused-ring (bicyclic) bond motifs is 1. The van der Waals surface area contributed by atoms with Gasteiger partial charge in [-0.2, -0.15) is 5.10 Å². The van der Waals surface area contributed by atoms with Gasteiger partial charge in [-0.3, -0.25) is 14.7 Å². The Morgan fingerprint density at radius 3 is 2.63 bits per heavy atom. The zero-order chi connectivity index (χ0) is 19.3. The summed E-state index contributed by atoms with van der Waals surface area (Å²) in [4.78, 5) is 28.9. The molecule has 2 amide bonds. The van der Waals surface area contributed by atoms with E-state index in [1.165, 1.54) is 12.1 Å². The van der Waals surface area contributed by atoms with E-state index in [0.717, 1.165) is 11.3 Å². The van der Waals surface area contributed by atoms with Crippen LogP contribution in [-0.2, 0) is 4.79 Å². The highest BCUT2D eigenvalue weighted by Crippen LogP contribution is 2.45. The van der Waals surface area contributed by atoms with Crippen LogP contribution in [0.1, 0.15) is 40.3 Å². The third-order valence-electron chi connectivity index (χ3n) is 5.89. The average molecular weight is 370 g/mol. The molecule has 0 saturated carbocycles. The first-order valence-corrected chi connectivity index (χ1v) is 9.20. The summed E-state index contributed by atoms with van der Waals surface area (Å²) in [5.74, 6) is -0.0561. The first kappa shape index (κ1) is 17.7. The fourth-order valence-corrected chi connectivity index (χ4v) is 4.68. The highest BCUT2D eigenvalue weighted by Gasteiger charge is 2.49. The van der Waals surface area contributed by atoms with E-state index in [1.54, 1.807) is 13.0 Å². The van der Waals surface area contributed by atoms with E-state index >= 15 is 0 Å². The molecule has 142 valence electrons. The first-order valence-electron chi connectivity index (χ1n) is 9.20. The van der Waals surface area contributed by atoms with Crippen molar-refractivity contribution in [3.05, 3.63) is 52.6 Å². The summed E-state index contributed by atoms with van der Waals surface area (Å²) >= 11 is 0. The summed E-state index contributed by atoms with van der Waals surface area (Å²) in [5, 5.41) is 6.98. The lowest BCUT2D eigenvalue weighted by molar-refractivity contribution is -0.130. The summed E-state index contributed by atoms with van der Waals surface area (Å²) in [6.07, 6.45) is 0. The fourth-order valence-electron chi connectivity index (χ4n) is 4.68. The molecule has 2 aromatic rings. The van der Waals surface area contributed by atoms with Gasteiger partial charge in [0, 0.05) is 44.1 Å². The monoisotopic (exact) mass is 370 g/mol. The Balaban J connectivity index is 1.62. The van der Waals surface area contributed by atoms with E-state index in [0.29, 0.717) is 30.9 Å². The number of carbonyl (C=O) groups is 2. The van der Waals surface area contributed by atoms with Gasteiger partial charge < -0.3 is 9.80 Å². The molecule has 0 spiro atoms. The van der Waals surface area contributed by atoms with Gasteiger partial charge in [0.15, 0.2) is 0 Å². The van der Waals surface area contributed by atoms with E-state index in [2.05, 4.69) is 10.2 Å². The fraction of sp³-hybridized carbons (Fsp3) is 0.450. The molecule has 3 heterocycles. The number of rotatable bonds is 2. The summed E-state index contributed by atoms with van der Waals surface area (Å²) in [6, 6.07) is 6.24. The number of likely N-dealkylation sites (tertiary alicyclic amines) is 2. The average Bonchev–Trinajstić information content (AvgIpc) is 3.26. The van der Waals surface area contributed by atoms with Gasteiger partial charge in [0.1, 0.15) is 5.82 Å². The Morgan fingerprint density at radius 1 is 1.22 bits per heavy atom. The van der Waals surface area contributed by atoms with Crippen molar-refractivity contribution >= 4 is 11.8 Å². The van der Waals surface area contributed by atoms with Crippen LogP contribution in [0.5, 0.6) is 0 Å². The third-order valence-corrected chi connectivity index (χ3v) is 5.89. The van der Waals surface area contributed by atoms with Gasteiger partial charge in [0.05, 0.1) is 17.3 Å². The second kappa shape index (κ2) is 6.48. The van der Waals surface area contributed by atoms with Crippen molar-refractivity contribution in [2.75, 3.05) is 19.6 Å². The normalized spacial score (nSPS) is 24.4. The number of nitrogens with zero attached hydrogens (tertiary/aromatic N) is 3. The van der Waals surface area contributed by atoms with Crippen LogP contribution >= 0.6 is 0 Å². The van der Waals surface area contributed by atoms with Crippen molar-refractivity contribution in [1.82, 2.24) is 20.0 Å². The molecule has 7 heteroatoms. The molecule has 4 rings (SSSR count). The number of aromatic nitrogens is 2. The second-order valence-electron chi connectivity index (χ2n) is 7.61. The molecule has 6 nitrogen and oxygen atoms in total. The van der Waals surface area contributed by atoms with E-state index in [9.17, 15) is 14.0 Å². The van der Waals surface area contributed by atoms with Gasteiger partial charge in [0.2, 0.25) is 5.91 Å². The lowest BCUT2D eigenvalue weighted by Gasteiger charge is -2.29. The number of benzene rings is 1. The molecule has 2 saturated heterocycles. The maximum absolute atomic E-state index is 13.8. The predicted molar refractivity (Wildman–Crippen MR) is 97.5 cm³/mol. The van der Waals surface area contributed by atoms with Crippen molar-refractivity contribution in [3.63, 3.8) is 0 Å². The van der Waals surface area contributed by atoms with Gasteiger partial charge in [-0.15, -0.1) is 0 Å². The lowest BCUT2D eigenvalue weighted by atomic mass is 9.89. The minimum absolute atomic E-state index is 0.0157. The Hall–Kier alpha value is -2.70. The van der Waals surface area contributed by atoms with Gasteiger partial charge in [-0.25, -0.2) is 4.39 Å². The number of H-pyrrole nitrogens is 1. The number of aryl methyl sites for hydroxylation is 2. The van der Waals surface area contributed by atoms with Crippen molar-refractivity contribution in [3.8, 4) is 0 Å². The molecule has 1 N–H and O–H groups in total. The predicted octanol–water partition coefficient (Wildman–Crippen LogP) is 2.46. The smallest absolute Gasteiger partial charge is 0.257 e. The van der Waals surface area contributed by atoms with Crippen molar-refractivity contribution in [2.24, 2.45) is 11.8 Å². The summed E-state index contributed by atoms with van der Waals surface area (Å²) in [7, 11) is 0. The number of halogens is 1. The molecule has 0 unspecified atom stereocenters. The second-order valence-corrected chi connectivity index (χ2v) is 7.61. The molecular formula is C20H23FN4O2. The van der Waals surface area contributed by atoms with Crippen LogP contribution < -0.4 is 0 Å². The minimum atomic E-state index is -0.310.